The fourth-order valence-corrected chi connectivity index (χ4v) is 3.26. The summed E-state index contributed by atoms with van der Waals surface area (Å²) in [7, 11) is 1.93. The first-order valence-electron chi connectivity index (χ1n) is 6.02. The molecule has 2 rings (SSSR count). The number of hydrogen-bond donors (Lipinski definition) is 1. The molecule has 110 valence electrons. The Kier molecular flexibility index (Phi) is 6.11. The van der Waals surface area contributed by atoms with Crippen LogP contribution in [0, 0.1) is 5.92 Å². The summed E-state index contributed by atoms with van der Waals surface area (Å²) in [5, 5.41) is 3.15. The standard InChI is InChI=1S/C12H17F3N2S.ClH/c1-16-6-9-4-5-17(7-9)8-10-2-3-11(18-10)12(13,14)15;/h2-3,9,16H,4-8H2,1H3;1H. The average Bonchev–Trinajstić information content (AvgIpc) is 2.88. The van der Waals surface area contributed by atoms with E-state index in [1.807, 2.05) is 7.05 Å². The van der Waals surface area contributed by atoms with Crippen LogP contribution >= 0.6 is 23.7 Å². The second-order valence-corrected chi connectivity index (χ2v) is 5.88. The van der Waals surface area contributed by atoms with E-state index in [0.29, 0.717) is 12.5 Å². The minimum Gasteiger partial charge on any atom is -0.319 e. The van der Waals surface area contributed by atoms with E-state index in [0.717, 1.165) is 42.3 Å². The first-order valence-corrected chi connectivity index (χ1v) is 6.83. The van der Waals surface area contributed by atoms with E-state index in [1.54, 1.807) is 6.07 Å². The zero-order valence-corrected chi connectivity index (χ0v) is 12.3. The molecule has 1 aromatic rings. The molecule has 1 aliphatic rings. The Balaban J connectivity index is 0.00000180. The summed E-state index contributed by atoms with van der Waals surface area (Å²) in [6, 6.07) is 2.78. The van der Waals surface area contributed by atoms with Gasteiger partial charge in [0.25, 0.3) is 0 Å². The third-order valence-corrected chi connectivity index (χ3v) is 4.30. The fourth-order valence-electron chi connectivity index (χ4n) is 2.35. The van der Waals surface area contributed by atoms with Crippen LogP contribution < -0.4 is 5.32 Å². The monoisotopic (exact) mass is 314 g/mol. The van der Waals surface area contributed by atoms with Gasteiger partial charge in [0.2, 0.25) is 0 Å². The Labute approximate surface area is 121 Å². The van der Waals surface area contributed by atoms with E-state index < -0.39 is 11.1 Å². The van der Waals surface area contributed by atoms with E-state index >= 15 is 0 Å². The molecule has 7 heteroatoms. The summed E-state index contributed by atoms with van der Waals surface area (Å²) in [5.41, 5.74) is 0. The highest BCUT2D eigenvalue weighted by atomic mass is 35.5. The van der Waals surface area contributed by atoms with E-state index in [-0.39, 0.29) is 12.4 Å². The van der Waals surface area contributed by atoms with Crippen molar-refractivity contribution in [3.8, 4) is 0 Å². The number of hydrogen-bond acceptors (Lipinski definition) is 3. The normalized spacial score (nSPS) is 20.5. The van der Waals surface area contributed by atoms with Crippen molar-refractivity contribution < 1.29 is 13.2 Å². The number of halogens is 4. The van der Waals surface area contributed by atoms with E-state index in [9.17, 15) is 13.2 Å². The largest absolute Gasteiger partial charge is 0.425 e. The molecule has 0 saturated carbocycles. The number of alkyl halides is 3. The van der Waals surface area contributed by atoms with Crippen molar-refractivity contribution >= 4 is 23.7 Å². The lowest BCUT2D eigenvalue weighted by atomic mass is 10.1. The lowest BCUT2D eigenvalue weighted by molar-refractivity contribution is -0.134. The van der Waals surface area contributed by atoms with Gasteiger partial charge in [-0.15, -0.1) is 23.7 Å². The average molecular weight is 315 g/mol. The Bertz CT molecular complexity index is 395. The molecule has 0 amide bonds. The Morgan fingerprint density at radius 2 is 2.16 bits per heavy atom. The lowest BCUT2D eigenvalue weighted by Crippen LogP contribution is -2.24. The summed E-state index contributed by atoms with van der Waals surface area (Å²) in [4.78, 5) is 2.53. The first kappa shape index (κ1) is 16.8. The van der Waals surface area contributed by atoms with E-state index in [4.69, 9.17) is 0 Å². The number of likely N-dealkylation sites (tertiary alicyclic amines) is 1. The SMILES string of the molecule is CNCC1CCN(Cc2ccc(C(F)(F)F)s2)C1.Cl. The minimum absolute atomic E-state index is 0. The maximum absolute atomic E-state index is 12.5. The van der Waals surface area contributed by atoms with Crippen LogP contribution in [0.2, 0.25) is 0 Å². The number of nitrogens with one attached hydrogen (secondary N) is 1. The summed E-state index contributed by atoms with van der Waals surface area (Å²) < 4.78 is 37.4. The van der Waals surface area contributed by atoms with Gasteiger partial charge in [-0.1, -0.05) is 0 Å². The molecule has 2 heterocycles. The van der Waals surface area contributed by atoms with Gasteiger partial charge >= 0.3 is 6.18 Å². The summed E-state index contributed by atoms with van der Waals surface area (Å²) in [6.45, 7) is 3.57. The van der Waals surface area contributed by atoms with Gasteiger partial charge in [-0.2, -0.15) is 13.2 Å². The third kappa shape index (κ3) is 4.63. The van der Waals surface area contributed by atoms with Gasteiger partial charge in [0.05, 0.1) is 0 Å². The van der Waals surface area contributed by atoms with Crippen LogP contribution in [-0.4, -0.2) is 31.6 Å². The van der Waals surface area contributed by atoms with Gasteiger partial charge in [-0.05, 0) is 44.6 Å². The highest BCUT2D eigenvalue weighted by molar-refractivity contribution is 7.12. The molecule has 0 aliphatic carbocycles. The van der Waals surface area contributed by atoms with E-state index in [1.165, 1.54) is 6.07 Å². The molecule has 1 aromatic heterocycles. The molecule has 0 bridgehead atoms. The van der Waals surface area contributed by atoms with Crippen molar-refractivity contribution in [1.82, 2.24) is 10.2 Å². The molecule has 1 atom stereocenters. The molecule has 1 unspecified atom stereocenters. The third-order valence-electron chi connectivity index (χ3n) is 3.18. The van der Waals surface area contributed by atoms with Gasteiger partial charge in [0.15, 0.2) is 0 Å². The van der Waals surface area contributed by atoms with Crippen LogP contribution in [0.25, 0.3) is 0 Å². The molecule has 0 aromatic carbocycles. The van der Waals surface area contributed by atoms with Crippen LogP contribution in [0.1, 0.15) is 16.2 Å². The molecular weight excluding hydrogens is 297 g/mol. The zero-order chi connectivity index (χ0) is 13.2. The number of thiophene rings is 1. The zero-order valence-electron chi connectivity index (χ0n) is 10.7. The van der Waals surface area contributed by atoms with Gasteiger partial charge < -0.3 is 5.32 Å². The van der Waals surface area contributed by atoms with Crippen LogP contribution in [-0.2, 0) is 12.7 Å². The van der Waals surface area contributed by atoms with Gasteiger partial charge in [-0.3, -0.25) is 4.90 Å². The van der Waals surface area contributed by atoms with Gasteiger partial charge in [0, 0.05) is 18.0 Å². The molecule has 1 N–H and O–H groups in total. The topological polar surface area (TPSA) is 15.3 Å². The molecule has 0 spiro atoms. The van der Waals surface area contributed by atoms with Crippen molar-refractivity contribution in [2.24, 2.45) is 5.92 Å². The van der Waals surface area contributed by atoms with Crippen LogP contribution in [0.15, 0.2) is 12.1 Å². The summed E-state index contributed by atoms with van der Waals surface area (Å²) >= 11 is 0.859. The Morgan fingerprint density at radius 1 is 1.42 bits per heavy atom. The summed E-state index contributed by atoms with van der Waals surface area (Å²) in [6.07, 6.45) is -3.08. The molecule has 1 fully saturated rings. The Hall–Kier alpha value is -0.300. The van der Waals surface area contributed by atoms with Crippen molar-refractivity contribution in [2.75, 3.05) is 26.7 Å². The van der Waals surface area contributed by atoms with Crippen LogP contribution in [0.3, 0.4) is 0 Å². The second-order valence-electron chi connectivity index (χ2n) is 4.71. The van der Waals surface area contributed by atoms with Crippen molar-refractivity contribution in [1.29, 1.82) is 0 Å². The molecule has 19 heavy (non-hydrogen) atoms. The fraction of sp³-hybridized carbons (Fsp3) is 0.667. The highest BCUT2D eigenvalue weighted by Crippen LogP contribution is 2.35. The predicted molar refractivity (Wildman–Crippen MR) is 73.9 cm³/mol. The smallest absolute Gasteiger partial charge is 0.319 e. The van der Waals surface area contributed by atoms with Gasteiger partial charge in [-0.25, -0.2) is 0 Å². The van der Waals surface area contributed by atoms with Crippen molar-refractivity contribution in [3.63, 3.8) is 0 Å². The Morgan fingerprint density at radius 3 is 2.74 bits per heavy atom. The maximum Gasteiger partial charge on any atom is 0.425 e. The van der Waals surface area contributed by atoms with Crippen molar-refractivity contribution in [2.45, 2.75) is 19.1 Å². The predicted octanol–water partition coefficient (Wildman–Crippen LogP) is 3.23. The van der Waals surface area contributed by atoms with Crippen LogP contribution in [0.5, 0.6) is 0 Å². The quantitative estimate of drug-likeness (QED) is 0.918. The summed E-state index contributed by atoms with van der Waals surface area (Å²) in [5.74, 6) is 0.622. The maximum atomic E-state index is 12.5. The molecule has 2 nitrogen and oxygen atoms in total. The highest BCUT2D eigenvalue weighted by Gasteiger charge is 2.32. The number of rotatable bonds is 4. The number of nitrogens with zero attached hydrogens (tertiary/aromatic N) is 1. The molecule has 1 saturated heterocycles. The molecule has 0 radical (unpaired) electrons. The molecule has 1 aliphatic heterocycles. The second kappa shape index (κ2) is 6.92. The van der Waals surface area contributed by atoms with Gasteiger partial charge in [0.1, 0.15) is 4.88 Å². The first-order chi connectivity index (χ1) is 8.49. The minimum atomic E-state index is -4.21. The van der Waals surface area contributed by atoms with Crippen LogP contribution in [0.4, 0.5) is 13.2 Å². The van der Waals surface area contributed by atoms with E-state index in [2.05, 4.69) is 10.2 Å². The lowest BCUT2D eigenvalue weighted by Gasteiger charge is -2.14. The molecular formula is C12H18ClF3N2S. The van der Waals surface area contributed by atoms with Crippen molar-refractivity contribution in [3.05, 3.63) is 21.9 Å².